The van der Waals surface area contributed by atoms with Crippen molar-refractivity contribution in [1.82, 2.24) is 10.2 Å². The predicted molar refractivity (Wildman–Crippen MR) is 110 cm³/mol. The largest absolute Gasteiger partial charge is 0.495 e. The number of aryl methyl sites for hydroxylation is 1. The summed E-state index contributed by atoms with van der Waals surface area (Å²) in [4.78, 5) is 16.5. The van der Waals surface area contributed by atoms with Gasteiger partial charge in [-0.05, 0) is 30.5 Å². The van der Waals surface area contributed by atoms with Gasteiger partial charge in [-0.3, -0.25) is 0 Å². The summed E-state index contributed by atoms with van der Waals surface area (Å²) < 4.78 is 5.48. The average Bonchev–Trinajstić information content (AvgIpc) is 2.70. The highest BCUT2D eigenvalue weighted by Gasteiger charge is 2.23. The van der Waals surface area contributed by atoms with Gasteiger partial charge < -0.3 is 19.9 Å². The molecule has 0 aliphatic carbocycles. The number of piperazine rings is 1. The van der Waals surface area contributed by atoms with Crippen molar-refractivity contribution in [1.29, 1.82) is 0 Å². The van der Waals surface area contributed by atoms with Crippen LogP contribution in [0.4, 0.5) is 10.5 Å². The number of nitrogens with zero attached hydrogens (tertiary/aromatic N) is 2. The second kappa shape index (κ2) is 9.00. The molecule has 1 aliphatic rings. The van der Waals surface area contributed by atoms with Gasteiger partial charge >= 0.3 is 6.03 Å². The number of amides is 2. The van der Waals surface area contributed by atoms with E-state index in [1.165, 1.54) is 5.56 Å². The minimum absolute atomic E-state index is 0.00447. The van der Waals surface area contributed by atoms with E-state index in [9.17, 15) is 4.79 Å². The van der Waals surface area contributed by atoms with Crippen LogP contribution in [-0.4, -0.2) is 50.8 Å². The van der Waals surface area contributed by atoms with E-state index in [-0.39, 0.29) is 6.03 Å². The minimum Gasteiger partial charge on any atom is -0.495 e. The van der Waals surface area contributed by atoms with Crippen molar-refractivity contribution >= 4 is 23.3 Å². The topological polar surface area (TPSA) is 44.8 Å². The van der Waals surface area contributed by atoms with Crippen LogP contribution < -0.4 is 15.0 Å². The number of carbonyl (C=O) groups is 1. The van der Waals surface area contributed by atoms with Gasteiger partial charge in [0.15, 0.2) is 0 Å². The molecule has 0 spiro atoms. The SMILES string of the molecule is COc1cc(Cl)c(C)cc1N1CCN(C(=O)NCCc2ccccc2)CC1. The molecule has 6 heteroatoms. The first kappa shape index (κ1) is 19.4. The van der Waals surface area contributed by atoms with E-state index in [0.717, 1.165) is 36.5 Å². The molecule has 0 unspecified atom stereocenters. The average molecular weight is 388 g/mol. The van der Waals surface area contributed by atoms with Crippen LogP contribution in [0.1, 0.15) is 11.1 Å². The third-order valence-electron chi connectivity index (χ3n) is 4.90. The maximum Gasteiger partial charge on any atom is 0.317 e. The molecule has 1 saturated heterocycles. The van der Waals surface area contributed by atoms with Crippen LogP contribution in [0, 0.1) is 6.92 Å². The van der Waals surface area contributed by atoms with E-state index in [4.69, 9.17) is 16.3 Å². The van der Waals surface area contributed by atoms with Crippen molar-refractivity contribution in [3.05, 3.63) is 58.6 Å². The zero-order chi connectivity index (χ0) is 19.2. The van der Waals surface area contributed by atoms with E-state index >= 15 is 0 Å². The molecular formula is C21H26ClN3O2. The number of halogens is 1. The van der Waals surface area contributed by atoms with Gasteiger partial charge in [0, 0.05) is 43.8 Å². The van der Waals surface area contributed by atoms with E-state index < -0.39 is 0 Å². The normalized spacial score (nSPS) is 14.2. The number of rotatable bonds is 5. The number of ether oxygens (including phenoxy) is 1. The second-order valence-electron chi connectivity index (χ2n) is 6.71. The van der Waals surface area contributed by atoms with E-state index in [2.05, 4.69) is 28.4 Å². The van der Waals surface area contributed by atoms with Gasteiger partial charge in [0.05, 0.1) is 12.8 Å². The first-order valence-corrected chi connectivity index (χ1v) is 9.62. The Morgan fingerprint density at radius 1 is 1.15 bits per heavy atom. The first-order chi connectivity index (χ1) is 13.1. The minimum atomic E-state index is 0.00447. The molecular weight excluding hydrogens is 362 g/mol. The van der Waals surface area contributed by atoms with Crippen LogP contribution in [0.2, 0.25) is 5.02 Å². The second-order valence-corrected chi connectivity index (χ2v) is 7.12. The Bertz CT molecular complexity index is 774. The molecule has 0 bridgehead atoms. The molecule has 0 aromatic heterocycles. The fraction of sp³-hybridized carbons (Fsp3) is 0.381. The number of urea groups is 1. The summed E-state index contributed by atoms with van der Waals surface area (Å²) in [6.45, 7) is 5.53. The monoisotopic (exact) mass is 387 g/mol. The third kappa shape index (κ3) is 4.86. The number of benzene rings is 2. The maximum atomic E-state index is 12.4. The molecule has 1 N–H and O–H groups in total. The standard InChI is InChI=1S/C21H26ClN3O2/c1-16-14-19(20(27-2)15-18(16)22)24-10-12-25(13-11-24)21(26)23-9-8-17-6-4-3-5-7-17/h3-7,14-15H,8-13H2,1-2H3,(H,23,26). The predicted octanol–water partition coefficient (Wildman–Crippen LogP) is 3.73. The summed E-state index contributed by atoms with van der Waals surface area (Å²) in [7, 11) is 1.65. The lowest BCUT2D eigenvalue weighted by Crippen LogP contribution is -2.52. The first-order valence-electron chi connectivity index (χ1n) is 9.24. The molecule has 27 heavy (non-hydrogen) atoms. The van der Waals surface area contributed by atoms with Gasteiger partial charge in [-0.1, -0.05) is 41.9 Å². The van der Waals surface area contributed by atoms with Gasteiger partial charge in [-0.15, -0.1) is 0 Å². The molecule has 1 fully saturated rings. The van der Waals surface area contributed by atoms with Crippen LogP contribution in [0.3, 0.4) is 0 Å². The van der Waals surface area contributed by atoms with Crippen molar-refractivity contribution in [3.8, 4) is 5.75 Å². The molecule has 1 heterocycles. The summed E-state index contributed by atoms with van der Waals surface area (Å²) in [5, 5.41) is 3.72. The lowest BCUT2D eigenvalue weighted by atomic mass is 10.1. The highest BCUT2D eigenvalue weighted by Crippen LogP contribution is 2.34. The van der Waals surface area contributed by atoms with Crippen molar-refractivity contribution in [3.63, 3.8) is 0 Å². The van der Waals surface area contributed by atoms with Crippen LogP contribution in [-0.2, 0) is 6.42 Å². The van der Waals surface area contributed by atoms with Crippen LogP contribution in [0.5, 0.6) is 5.75 Å². The summed E-state index contributed by atoms with van der Waals surface area (Å²) in [5.41, 5.74) is 3.28. The quantitative estimate of drug-likeness (QED) is 0.850. The molecule has 5 nitrogen and oxygen atoms in total. The van der Waals surface area contributed by atoms with Crippen molar-refractivity contribution in [2.24, 2.45) is 0 Å². The molecule has 2 aromatic rings. The smallest absolute Gasteiger partial charge is 0.317 e. The molecule has 1 aliphatic heterocycles. The number of anilines is 1. The van der Waals surface area contributed by atoms with Crippen molar-refractivity contribution in [2.45, 2.75) is 13.3 Å². The zero-order valence-electron chi connectivity index (χ0n) is 15.9. The lowest BCUT2D eigenvalue weighted by molar-refractivity contribution is 0.194. The van der Waals surface area contributed by atoms with E-state index in [1.807, 2.05) is 36.1 Å². The van der Waals surface area contributed by atoms with Gasteiger partial charge in [0.25, 0.3) is 0 Å². The number of hydrogen-bond acceptors (Lipinski definition) is 3. The summed E-state index contributed by atoms with van der Waals surface area (Å²) in [6, 6.07) is 14.1. The Morgan fingerprint density at radius 3 is 2.52 bits per heavy atom. The molecule has 144 valence electrons. The zero-order valence-corrected chi connectivity index (χ0v) is 16.6. The van der Waals surface area contributed by atoms with Gasteiger partial charge in [0.1, 0.15) is 5.75 Å². The fourth-order valence-electron chi connectivity index (χ4n) is 3.28. The van der Waals surface area contributed by atoms with E-state index in [0.29, 0.717) is 24.7 Å². The van der Waals surface area contributed by atoms with Crippen molar-refractivity contribution in [2.75, 3.05) is 44.7 Å². The number of carbonyl (C=O) groups excluding carboxylic acids is 1. The molecule has 2 aromatic carbocycles. The van der Waals surface area contributed by atoms with Gasteiger partial charge in [-0.2, -0.15) is 0 Å². The number of methoxy groups -OCH3 is 1. The Hall–Kier alpha value is -2.40. The summed E-state index contributed by atoms with van der Waals surface area (Å²) in [5.74, 6) is 0.770. The number of hydrogen-bond donors (Lipinski definition) is 1. The highest BCUT2D eigenvalue weighted by atomic mass is 35.5. The van der Waals surface area contributed by atoms with Crippen molar-refractivity contribution < 1.29 is 9.53 Å². The van der Waals surface area contributed by atoms with Crippen LogP contribution in [0.15, 0.2) is 42.5 Å². The fourth-order valence-corrected chi connectivity index (χ4v) is 3.43. The van der Waals surface area contributed by atoms with Crippen LogP contribution in [0.25, 0.3) is 0 Å². The molecule has 3 rings (SSSR count). The molecule has 0 saturated carbocycles. The van der Waals surface area contributed by atoms with Crippen LogP contribution >= 0.6 is 11.6 Å². The molecule has 0 atom stereocenters. The summed E-state index contributed by atoms with van der Waals surface area (Å²) >= 11 is 6.20. The molecule has 2 amide bonds. The Labute approximate surface area is 165 Å². The van der Waals surface area contributed by atoms with Gasteiger partial charge in [-0.25, -0.2) is 4.79 Å². The Kier molecular flexibility index (Phi) is 6.45. The molecule has 0 radical (unpaired) electrons. The lowest BCUT2D eigenvalue weighted by Gasteiger charge is -2.36. The summed E-state index contributed by atoms with van der Waals surface area (Å²) in [6.07, 6.45) is 0.841. The Balaban J connectivity index is 1.51. The maximum absolute atomic E-state index is 12.4. The Morgan fingerprint density at radius 2 is 1.85 bits per heavy atom. The number of nitrogens with one attached hydrogen (secondary N) is 1. The highest BCUT2D eigenvalue weighted by molar-refractivity contribution is 6.31. The van der Waals surface area contributed by atoms with E-state index in [1.54, 1.807) is 7.11 Å². The third-order valence-corrected chi connectivity index (χ3v) is 5.31. The van der Waals surface area contributed by atoms with Gasteiger partial charge in [0.2, 0.25) is 0 Å².